The Hall–Kier alpha value is -1.63. The van der Waals surface area contributed by atoms with Crippen LogP contribution in [0.2, 0.25) is 0 Å². The summed E-state index contributed by atoms with van der Waals surface area (Å²) < 4.78 is 0. The van der Waals surface area contributed by atoms with Gasteiger partial charge in [-0.2, -0.15) is 10.5 Å². The second kappa shape index (κ2) is 9.33. The fourth-order valence-corrected chi connectivity index (χ4v) is 2.81. The summed E-state index contributed by atoms with van der Waals surface area (Å²) in [5.74, 6) is -0.00644. The summed E-state index contributed by atoms with van der Waals surface area (Å²) in [5.41, 5.74) is 6.02. The third kappa shape index (κ3) is 5.71. The third-order valence-corrected chi connectivity index (χ3v) is 3.95. The van der Waals surface area contributed by atoms with Gasteiger partial charge < -0.3 is 10.6 Å². The van der Waals surface area contributed by atoms with Crippen molar-refractivity contribution in [1.82, 2.24) is 9.80 Å². The van der Waals surface area contributed by atoms with E-state index in [1.807, 2.05) is 19.1 Å². The van der Waals surface area contributed by atoms with Gasteiger partial charge in [0.15, 0.2) is 0 Å². The first-order valence-corrected chi connectivity index (χ1v) is 7.61. The molecule has 6 nitrogen and oxygen atoms in total. The molecule has 6 heteroatoms. The maximum Gasteiger partial charge on any atom is 0.236 e. The van der Waals surface area contributed by atoms with Gasteiger partial charge in [0.25, 0.3) is 0 Å². The van der Waals surface area contributed by atoms with Crippen LogP contribution in [0.15, 0.2) is 0 Å². The largest absolute Gasteiger partial charge is 0.340 e. The fourth-order valence-electron chi connectivity index (χ4n) is 2.81. The van der Waals surface area contributed by atoms with Crippen LogP contribution in [0.4, 0.5) is 0 Å². The highest BCUT2D eigenvalue weighted by Gasteiger charge is 2.28. The molecule has 1 saturated heterocycles. The Morgan fingerprint density at radius 2 is 1.95 bits per heavy atom. The molecule has 0 aliphatic carbocycles. The van der Waals surface area contributed by atoms with Crippen LogP contribution in [-0.2, 0) is 4.79 Å². The number of nitrogens with two attached hydrogens (primary N) is 1. The number of nitriles is 2. The molecule has 0 aromatic rings. The average Bonchev–Trinajstić information content (AvgIpc) is 2.47. The summed E-state index contributed by atoms with van der Waals surface area (Å²) in [5, 5.41) is 17.4. The van der Waals surface area contributed by atoms with Crippen molar-refractivity contribution in [2.24, 2.45) is 5.73 Å². The Kier molecular flexibility index (Phi) is 7.74. The highest BCUT2D eigenvalue weighted by atomic mass is 16.2. The van der Waals surface area contributed by atoms with E-state index in [0.29, 0.717) is 32.5 Å². The normalized spacial score (nSPS) is 20.3. The van der Waals surface area contributed by atoms with Gasteiger partial charge in [0.05, 0.1) is 31.5 Å². The van der Waals surface area contributed by atoms with E-state index < -0.39 is 0 Å². The second-order valence-electron chi connectivity index (χ2n) is 5.59. The summed E-state index contributed by atoms with van der Waals surface area (Å²) in [4.78, 5) is 16.2. The molecule has 0 radical (unpaired) electrons. The van der Waals surface area contributed by atoms with E-state index in [9.17, 15) is 4.79 Å². The fraction of sp³-hybridized carbons (Fsp3) is 0.800. The summed E-state index contributed by atoms with van der Waals surface area (Å²) in [6, 6.07) is 4.39. The Bertz CT molecular complexity index is 391. The first kappa shape index (κ1) is 17.4. The van der Waals surface area contributed by atoms with Gasteiger partial charge >= 0.3 is 0 Å². The summed E-state index contributed by atoms with van der Waals surface area (Å²) in [6.45, 7) is 4.00. The van der Waals surface area contributed by atoms with Crippen molar-refractivity contribution >= 4 is 5.91 Å². The summed E-state index contributed by atoms with van der Waals surface area (Å²) >= 11 is 0. The van der Waals surface area contributed by atoms with E-state index in [1.165, 1.54) is 0 Å². The van der Waals surface area contributed by atoms with E-state index in [1.54, 1.807) is 4.90 Å². The second-order valence-corrected chi connectivity index (χ2v) is 5.59. The zero-order valence-electron chi connectivity index (χ0n) is 12.8. The van der Waals surface area contributed by atoms with Crippen LogP contribution in [-0.4, -0.2) is 54.0 Å². The highest BCUT2D eigenvalue weighted by Crippen LogP contribution is 2.19. The summed E-state index contributed by atoms with van der Waals surface area (Å²) in [6.07, 6.45) is 3.87. The zero-order chi connectivity index (χ0) is 15.7. The van der Waals surface area contributed by atoms with E-state index in [0.717, 1.165) is 25.8 Å². The van der Waals surface area contributed by atoms with Crippen LogP contribution in [0.25, 0.3) is 0 Å². The minimum atomic E-state index is -0.00644. The Labute approximate surface area is 127 Å². The molecule has 1 fully saturated rings. The molecule has 21 heavy (non-hydrogen) atoms. The number of carbonyl (C=O) groups excluding carboxylic acids is 1. The molecular weight excluding hydrogens is 266 g/mol. The standard InChI is InChI=1S/C15H25N5O/c1-13(18)14-6-2-3-9-20(14)12-15(21)19(10-4-7-16)11-5-8-17/h13-14H,2-6,9-12,18H2,1H3. The van der Waals surface area contributed by atoms with Crippen molar-refractivity contribution in [3.8, 4) is 12.1 Å². The lowest BCUT2D eigenvalue weighted by molar-refractivity contribution is -0.133. The quantitative estimate of drug-likeness (QED) is 0.749. The van der Waals surface area contributed by atoms with E-state index in [4.69, 9.17) is 16.3 Å². The molecule has 0 saturated carbocycles. The van der Waals surface area contributed by atoms with Crippen molar-refractivity contribution in [2.75, 3.05) is 26.2 Å². The van der Waals surface area contributed by atoms with Crippen molar-refractivity contribution in [2.45, 2.75) is 51.1 Å². The molecule has 1 amide bonds. The molecule has 0 aromatic carbocycles. The van der Waals surface area contributed by atoms with Crippen LogP contribution in [0.3, 0.4) is 0 Å². The maximum atomic E-state index is 12.4. The Morgan fingerprint density at radius 3 is 2.48 bits per heavy atom. The molecule has 0 aromatic heterocycles. The van der Waals surface area contributed by atoms with Gasteiger partial charge in [-0.15, -0.1) is 0 Å². The zero-order valence-corrected chi connectivity index (χ0v) is 12.8. The number of amides is 1. The van der Waals surface area contributed by atoms with Crippen molar-refractivity contribution < 1.29 is 4.79 Å². The lowest BCUT2D eigenvalue weighted by Gasteiger charge is -2.38. The smallest absolute Gasteiger partial charge is 0.236 e. The predicted octanol–water partition coefficient (Wildman–Crippen LogP) is 0.844. The van der Waals surface area contributed by atoms with E-state index in [-0.39, 0.29) is 18.0 Å². The van der Waals surface area contributed by atoms with E-state index in [2.05, 4.69) is 4.90 Å². The molecule has 2 atom stereocenters. The van der Waals surface area contributed by atoms with Gasteiger partial charge in [0, 0.05) is 25.2 Å². The molecule has 2 unspecified atom stereocenters. The SMILES string of the molecule is CC(N)C1CCCCN1CC(=O)N(CCC#N)CCC#N. The van der Waals surface area contributed by atoms with Crippen molar-refractivity contribution in [3.63, 3.8) is 0 Å². The number of likely N-dealkylation sites (tertiary alicyclic amines) is 1. The van der Waals surface area contributed by atoms with Crippen LogP contribution in [0.1, 0.15) is 39.0 Å². The molecule has 2 N–H and O–H groups in total. The first-order valence-electron chi connectivity index (χ1n) is 7.61. The van der Waals surface area contributed by atoms with Gasteiger partial charge in [-0.25, -0.2) is 0 Å². The molecule has 0 spiro atoms. The molecule has 1 rings (SSSR count). The highest BCUT2D eigenvalue weighted by molar-refractivity contribution is 5.78. The van der Waals surface area contributed by atoms with Gasteiger partial charge in [-0.1, -0.05) is 6.42 Å². The van der Waals surface area contributed by atoms with Crippen LogP contribution in [0.5, 0.6) is 0 Å². The minimum absolute atomic E-state index is 0.00644. The monoisotopic (exact) mass is 291 g/mol. The molecule has 1 heterocycles. The number of hydrogen-bond donors (Lipinski definition) is 1. The average molecular weight is 291 g/mol. The molecule has 1 aliphatic rings. The third-order valence-electron chi connectivity index (χ3n) is 3.95. The van der Waals surface area contributed by atoms with Gasteiger partial charge in [-0.3, -0.25) is 9.69 Å². The number of nitrogens with zero attached hydrogens (tertiary/aromatic N) is 4. The number of hydrogen-bond acceptors (Lipinski definition) is 5. The lowest BCUT2D eigenvalue weighted by atomic mass is 9.97. The van der Waals surface area contributed by atoms with Gasteiger partial charge in [0.2, 0.25) is 5.91 Å². The number of carbonyl (C=O) groups is 1. The van der Waals surface area contributed by atoms with Gasteiger partial charge in [-0.05, 0) is 26.3 Å². The molecule has 0 bridgehead atoms. The molecule has 1 aliphatic heterocycles. The van der Waals surface area contributed by atoms with Crippen LogP contribution >= 0.6 is 0 Å². The number of piperidine rings is 1. The summed E-state index contributed by atoms with van der Waals surface area (Å²) in [7, 11) is 0. The lowest BCUT2D eigenvalue weighted by Crippen LogP contribution is -2.52. The molecular formula is C15H25N5O. The first-order chi connectivity index (χ1) is 10.1. The topological polar surface area (TPSA) is 97.2 Å². The predicted molar refractivity (Wildman–Crippen MR) is 79.9 cm³/mol. The van der Waals surface area contributed by atoms with Crippen LogP contribution < -0.4 is 5.73 Å². The van der Waals surface area contributed by atoms with Crippen molar-refractivity contribution in [3.05, 3.63) is 0 Å². The Balaban J connectivity index is 2.61. The van der Waals surface area contributed by atoms with Gasteiger partial charge in [0.1, 0.15) is 0 Å². The van der Waals surface area contributed by atoms with Crippen molar-refractivity contribution in [1.29, 1.82) is 10.5 Å². The number of rotatable bonds is 7. The Morgan fingerprint density at radius 1 is 1.33 bits per heavy atom. The van der Waals surface area contributed by atoms with Crippen LogP contribution in [0, 0.1) is 22.7 Å². The minimum Gasteiger partial charge on any atom is -0.340 e. The molecule has 116 valence electrons. The maximum absolute atomic E-state index is 12.4. The van der Waals surface area contributed by atoms with E-state index >= 15 is 0 Å².